The van der Waals surface area contributed by atoms with Crippen molar-refractivity contribution in [3.8, 4) is 6.07 Å². The Morgan fingerprint density at radius 2 is 1.76 bits per heavy atom. The van der Waals surface area contributed by atoms with E-state index in [0.717, 1.165) is 16.9 Å². The normalized spacial score (nSPS) is 15.8. The van der Waals surface area contributed by atoms with Crippen molar-refractivity contribution in [1.29, 1.82) is 5.26 Å². The second kappa shape index (κ2) is 6.82. The third kappa shape index (κ3) is 3.50. The van der Waals surface area contributed by atoms with Crippen LogP contribution in [-0.2, 0) is 10.0 Å². The van der Waals surface area contributed by atoms with Gasteiger partial charge in [0.25, 0.3) is 0 Å². The third-order valence-corrected chi connectivity index (χ3v) is 6.45. The molecule has 7 heteroatoms. The first-order chi connectivity index (χ1) is 11.9. The summed E-state index contributed by atoms with van der Waals surface area (Å²) in [5.41, 5.74) is 2.57. The Morgan fingerprint density at radius 1 is 1.04 bits per heavy atom. The van der Waals surface area contributed by atoms with Crippen LogP contribution in [0.2, 0.25) is 0 Å². The first-order valence-corrected chi connectivity index (χ1v) is 9.54. The van der Waals surface area contributed by atoms with E-state index >= 15 is 0 Å². The van der Waals surface area contributed by atoms with Gasteiger partial charge in [0, 0.05) is 32.4 Å². The van der Waals surface area contributed by atoms with Gasteiger partial charge in [0.15, 0.2) is 0 Å². The maximum absolute atomic E-state index is 12.8. The SMILES string of the molecule is Cc1ccc(S(=O)(=O)N2CCN(c3ccc(C#N)cn3)CC2)cc1C. The highest BCUT2D eigenvalue weighted by Gasteiger charge is 2.29. The highest BCUT2D eigenvalue weighted by atomic mass is 32.2. The summed E-state index contributed by atoms with van der Waals surface area (Å²) < 4.78 is 27.2. The molecule has 1 aliphatic heterocycles. The second-order valence-corrected chi connectivity index (χ2v) is 8.09. The van der Waals surface area contributed by atoms with Crippen LogP contribution < -0.4 is 4.90 Å². The molecule has 0 spiro atoms. The molecule has 25 heavy (non-hydrogen) atoms. The van der Waals surface area contributed by atoms with Crippen LogP contribution in [0, 0.1) is 25.2 Å². The first kappa shape index (κ1) is 17.4. The van der Waals surface area contributed by atoms with E-state index in [4.69, 9.17) is 5.26 Å². The molecular formula is C18H20N4O2S. The van der Waals surface area contributed by atoms with Gasteiger partial charge in [-0.3, -0.25) is 0 Å². The number of hydrogen-bond acceptors (Lipinski definition) is 5. The number of piperazine rings is 1. The number of aromatic nitrogens is 1. The van der Waals surface area contributed by atoms with Crippen LogP contribution in [0.5, 0.6) is 0 Å². The molecule has 0 N–H and O–H groups in total. The number of nitriles is 1. The molecule has 0 atom stereocenters. The molecule has 2 heterocycles. The van der Waals surface area contributed by atoms with E-state index in [1.807, 2.05) is 30.9 Å². The average molecular weight is 356 g/mol. The van der Waals surface area contributed by atoms with Gasteiger partial charge in [0.1, 0.15) is 11.9 Å². The molecule has 1 aromatic carbocycles. The Hall–Kier alpha value is -2.43. The summed E-state index contributed by atoms with van der Waals surface area (Å²) >= 11 is 0. The number of rotatable bonds is 3. The van der Waals surface area contributed by atoms with Gasteiger partial charge in [0.2, 0.25) is 10.0 Å². The van der Waals surface area contributed by atoms with E-state index in [1.54, 1.807) is 24.3 Å². The number of aryl methyl sites for hydroxylation is 2. The maximum Gasteiger partial charge on any atom is 0.243 e. The molecule has 6 nitrogen and oxygen atoms in total. The van der Waals surface area contributed by atoms with Crippen molar-refractivity contribution in [2.45, 2.75) is 18.7 Å². The van der Waals surface area contributed by atoms with Gasteiger partial charge in [-0.1, -0.05) is 6.07 Å². The summed E-state index contributed by atoms with van der Waals surface area (Å²) in [6.45, 7) is 5.86. The van der Waals surface area contributed by atoms with Crippen molar-refractivity contribution in [3.63, 3.8) is 0 Å². The Bertz CT molecular complexity index is 909. The largest absolute Gasteiger partial charge is 0.354 e. The van der Waals surface area contributed by atoms with Crippen LogP contribution in [-0.4, -0.2) is 43.9 Å². The third-order valence-electron chi connectivity index (χ3n) is 4.56. The Labute approximate surface area is 148 Å². The topological polar surface area (TPSA) is 77.3 Å². The van der Waals surface area contributed by atoms with Crippen LogP contribution in [0.1, 0.15) is 16.7 Å². The molecule has 0 bridgehead atoms. The standard InChI is InChI=1S/C18H20N4O2S/c1-14-3-5-17(11-15(14)2)25(23,24)22-9-7-21(8-10-22)18-6-4-16(12-19)13-20-18/h3-6,11,13H,7-10H2,1-2H3. The summed E-state index contributed by atoms with van der Waals surface area (Å²) in [6.07, 6.45) is 1.54. The lowest BCUT2D eigenvalue weighted by Crippen LogP contribution is -2.48. The predicted octanol–water partition coefficient (Wildman–Crippen LogP) is 2.08. The van der Waals surface area contributed by atoms with E-state index in [2.05, 4.69) is 4.98 Å². The molecular weight excluding hydrogens is 336 g/mol. The molecule has 0 unspecified atom stereocenters. The van der Waals surface area contributed by atoms with Gasteiger partial charge in [-0.05, 0) is 49.2 Å². The van der Waals surface area contributed by atoms with Crippen LogP contribution in [0.3, 0.4) is 0 Å². The van der Waals surface area contributed by atoms with Crippen LogP contribution in [0.4, 0.5) is 5.82 Å². The molecule has 0 amide bonds. The molecule has 1 aromatic heterocycles. The van der Waals surface area contributed by atoms with Crippen LogP contribution in [0.25, 0.3) is 0 Å². The van der Waals surface area contributed by atoms with E-state index < -0.39 is 10.0 Å². The van der Waals surface area contributed by atoms with Crippen molar-refractivity contribution < 1.29 is 8.42 Å². The molecule has 130 valence electrons. The lowest BCUT2D eigenvalue weighted by Gasteiger charge is -2.34. The maximum atomic E-state index is 12.8. The van der Waals surface area contributed by atoms with E-state index in [9.17, 15) is 8.42 Å². The summed E-state index contributed by atoms with van der Waals surface area (Å²) in [4.78, 5) is 6.66. The Morgan fingerprint density at radius 3 is 2.32 bits per heavy atom. The summed E-state index contributed by atoms with van der Waals surface area (Å²) in [5, 5.41) is 8.83. The minimum atomic E-state index is -3.47. The van der Waals surface area contributed by atoms with Gasteiger partial charge >= 0.3 is 0 Å². The van der Waals surface area contributed by atoms with Gasteiger partial charge in [-0.15, -0.1) is 0 Å². The predicted molar refractivity (Wildman–Crippen MR) is 95.8 cm³/mol. The van der Waals surface area contributed by atoms with Crippen molar-refractivity contribution in [2.75, 3.05) is 31.1 Å². The monoisotopic (exact) mass is 356 g/mol. The van der Waals surface area contributed by atoms with E-state index in [0.29, 0.717) is 36.6 Å². The van der Waals surface area contributed by atoms with Crippen molar-refractivity contribution >= 4 is 15.8 Å². The molecule has 1 fully saturated rings. The smallest absolute Gasteiger partial charge is 0.243 e. The molecule has 3 rings (SSSR count). The fourth-order valence-corrected chi connectivity index (χ4v) is 4.33. The van der Waals surface area contributed by atoms with Gasteiger partial charge in [-0.25, -0.2) is 13.4 Å². The zero-order valence-electron chi connectivity index (χ0n) is 14.3. The lowest BCUT2D eigenvalue weighted by atomic mass is 10.1. The zero-order chi connectivity index (χ0) is 18.0. The summed E-state index contributed by atoms with van der Waals surface area (Å²) in [7, 11) is -3.47. The highest BCUT2D eigenvalue weighted by molar-refractivity contribution is 7.89. The summed E-state index contributed by atoms with van der Waals surface area (Å²) in [6, 6.07) is 10.8. The molecule has 0 aliphatic carbocycles. The number of anilines is 1. The number of sulfonamides is 1. The number of pyridine rings is 1. The second-order valence-electron chi connectivity index (χ2n) is 6.15. The van der Waals surface area contributed by atoms with Gasteiger partial charge in [0.05, 0.1) is 10.5 Å². The first-order valence-electron chi connectivity index (χ1n) is 8.10. The molecule has 0 radical (unpaired) electrons. The molecule has 1 aliphatic rings. The van der Waals surface area contributed by atoms with Gasteiger partial charge < -0.3 is 4.90 Å². The fourth-order valence-electron chi connectivity index (χ4n) is 2.82. The fraction of sp³-hybridized carbons (Fsp3) is 0.333. The van der Waals surface area contributed by atoms with Crippen LogP contribution >= 0.6 is 0 Å². The van der Waals surface area contributed by atoms with Gasteiger partial charge in [-0.2, -0.15) is 9.57 Å². The quantitative estimate of drug-likeness (QED) is 0.841. The summed E-state index contributed by atoms with van der Waals surface area (Å²) in [5.74, 6) is 0.766. The minimum Gasteiger partial charge on any atom is -0.354 e. The minimum absolute atomic E-state index is 0.348. The van der Waals surface area contributed by atoms with E-state index in [1.165, 1.54) is 10.5 Å². The average Bonchev–Trinajstić information content (AvgIpc) is 2.64. The van der Waals surface area contributed by atoms with Crippen LogP contribution in [0.15, 0.2) is 41.4 Å². The highest BCUT2D eigenvalue weighted by Crippen LogP contribution is 2.22. The molecule has 0 saturated carbocycles. The Balaban J connectivity index is 1.72. The lowest BCUT2D eigenvalue weighted by molar-refractivity contribution is 0.384. The van der Waals surface area contributed by atoms with Crippen molar-refractivity contribution in [3.05, 3.63) is 53.2 Å². The number of hydrogen-bond donors (Lipinski definition) is 0. The number of benzene rings is 1. The Kier molecular flexibility index (Phi) is 4.75. The zero-order valence-corrected chi connectivity index (χ0v) is 15.1. The van der Waals surface area contributed by atoms with Crippen molar-refractivity contribution in [1.82, 2.24) is 9.29 Å². The van der Waals surface area contributed by atoms with E-state index in [-0.39, 0.29) is 0 Å². The number of nitrogens with zero attached hydrogens (tertiary/aromatic N) is 4. The molecule has 1 saturated heterocycles. The van der Waals surface area contributed by atoms with Crippen molar-refractivity contribution in [2.24, 2.45) is 0 Å². The molecule has 2 aromatic rings.